The van der Waals surface area contributed by atoms with Crippen LogP contribution in [0.5, 0.6) is 0 Å². The predicted molar refractivity (Wildman–Crippen MR) is 76.1 cm³/mol. The first-order valence-electron chi connectivity index (χ1n) is 7.00. The van der Waals surface area contributed by atoms with Crippen molar-refractivity contribution in [3.05, 3.63) is 48.0 Å². The highest BCUT2D eigenvalue weighted by Crippen LogP contribution is 2.20. The minimum atomic E-state index is -0.633. The summed E-state index contributed by atoms with van der Waals surface area (Å²) in [4.78, 5) is 13.8. The topological polar surface area (TPSA) is 78.6 Å². The molecule has 2 atom stereocenters. The highest BCUT2D eigenvalue weighted by molar-refractivity contribution is 5.92. The van der Waals surface area contributed by atoms with E-state index in [1.165, 1.54) is 27.8 Å². The number of benzene rings is 1. The average molecular weight is 305 g/mol. The Balaban J connectivity index is 1.83. The number of aliphatic hydroxyl groups is 2. The van der Waals surface area contributed by atoms with E-state index < -0.39 is 12.1 Å². The molecule has 1 aromatic heterocycles. The van der Waals surface area contributed by atoms with Crippen molar-refractivity contribution in [2.24, 2.45) is 0 Å². The van der Waals surface area contributed by atoms with Gasteiger partial charge in [-0.25, -0.2) is 9.07 Å². The Morgan fingerprint density at radius 3 is 2.95 bits per heavy atom. The maximum absolute atomic E-state index is 13.2. The number of amides is 1. The number of nitrogens with zero attached hydrogens (tertiary/aromatic N) is 3. The van der Waals surface area contributed by atoms with Gasteiger partial charge in [-0.05, 0) is 30.7 Å². The fraction of sp³-hybridized carbons (Fsp3) is 0.333. The van der Waals surface area contributed by atoms with Crippen molar-refractivity contribution in [3.8, 4) is 5.69 Å². The average Bonchev–Trinajstić information content (AvgIpc) is 3.13. The lowest BCUT2D eigenvalue weighted by Gasteiger charge is -2.21. The highest BCUT2D eigenvalue weighted by Gasteiger charge is 2.35. The van der Waals surface area contributed by atoms with Crippen molar-refractivity contribution in [3.63, 3.8) is 0 Å². The zero-order valence-corrected chi connectivity index (χ0v) is 11.8. The molecule has 1 aliphatic heterocycles. The molecule has 7 heteroatoms. The first-order chi connectivity index (χ1) is 10.6. The number of likely N-dealkylation sites (tertiary alicyclic amines) is 1. The predicted octanol–water partition coefficient (Wildman–Crippen LogP) is 0.579. The van der Waals surface area contributed by atoms with Crippen LogP contribution in [0, 0.1) is 5.82 Å². The molecule has 1 fully saturated rings. The molecule has 0 spiro atoms. The van der Waals surface area contributed by atoms with Gasteiger partial charge in [-0.2, -0.15) is 5.10 Å². The van der Waals surface area contributed by atoms with Crippen LogP contribution in [-0.2, 0) is 0 Å². The number of carbonyl (C=O) groups excluding carboxylic acids is 1. The van der Waals surface area contributed by atoms with Crippen LogP contribution < -0.4 is 0 Å². The molecule has 3 rings (SSSR count). The summed E-state index contributed by atoms with van der Waals surface area (Å²) in [7, 11) is 0. The number of hydrogen-bond acceptors (Lipinski definition) is 4. The Labute approximate surface area is 126 Å². The number of carbonyl (C=O) groups is 1. The SMILES string of the molecule is O=C(c1ccn(-c2cccc(F)c2)n1)N1C[C@@H](O)C[C@@H]1CO. The molecule has 0 aliphatic carbocycles. The minimum absolute atomic E-state index is 0.177. The number of aromatic nitrogens is 2. The van der Waals surface area contributed by atoms with Gasteiger partial charge in [0.25, 0.3) is 5.91 Å². The third kappa shape index (κ3) is 2.72. The van der Waals surface area contributed by atoms with Crippen molar-refractivity contribution >= 4 is 5.91 Å². The van der Waals surface area contributed by atoms with Crippen molar-refractivity contribution < 1.29 is 19.4 Å². The number of halogens is 1. The Bertz CT molecular complexity index is 688. The summed E-state index contributed by atoms with van der Waals surface area (Å²) in [5, 5.41) is 23.1. The van der Waals surface area contributed by atoms with E-state index in [1.807, 2.05) is 0 Å². The molecular weight excluding hydrogens is 289 g/mol. The van der Waals surface area contributed by atoms with Gasteiger partial charge in [0.1, 0.15) is 5.82 Å². The van der Waals surface area contributed by atoms with Crippen LogP contribution in [0.2, 0.25) is 0 Å². The molecule has 2 heterocycles. The van der Waals surface area contributed by atoms with Crippen LogP contribution in [0.4, 0.5) is 4.39 Å². The molecule has 0 unspecified atom stereocenters. The van der Waals surface area contributed by atoms with Gasteiger partial charge in [0.2, 0.25) is 0 Å². The normalized spacial score (nSPS) is 21.3. The molecule has 6 nitrogen and oxygen atoms in total. The number of rotatable bonds is 3. The van der Waals surface area contributed by atoms with Crippen LogP contribution in [0.3, 0.4) is 0 Å². The van der Waals surface area contributed by atoms with Crippen LogP contribution in [-0.4, -0.2) is 56.1 Å². The monoisotopic (exact) mass is 305 g/mol. The summed E-state index contributed by atoms with van der Waals surface area (Å²) in [5.74, 6) is -0.741. The fourth-order valence-corrected chi connectivity index (χ4v) is 2.66. The van der Waals surface area contributed by atoms with Crippen molar-refractivity contribution in [1.82, 2.24) is 14.7 Å². The lowest BCUT2D eigenvalue weighted by atomic mass is 10.2. The van der Waals surface area contributed by atoms with Crippen molar-refractivity contribution in [2.75, 3.05) is 13.2 Å². The van der Waals surface area contributed by atoms with Crippen LogP contribution in [0.1, 0.15) is 16.9 Å². The van der Waals surface area contributed by atoms with Gasteiger partial charge in [-0.3, -0.25) is 4.79 Å². The third-order valence-corrected chi connectivity index (χ3v) is 3.74. The zero-order valence-electron chi connectivity index (χ0n) is 11.8. The van der Waals surface area contributed by atoms with E-state index in [1.54, 1.807) is 18.3 Å². The van der Waals surface area contributed by atoms with Gasteiger partial charge in [0, 0.05) is 12.7 Å². The summed E-state index contributed by atoms with van der Waals surface area (Å²) >= 11 is 0. The van der Waals surface area contributed by atoms with Crippen molar-refractivity contribution in [1.29, 1.82) is 0 Å². The van der Waals surface area contributed by atoms with E-state index in [4.69, 9.17) is 0 Å². The lowest BCUT2D eigenvalue weighted by molar-refractivity contribution is 0.0658. The number of hydrogen-bond donors (Lipinski definition) is 2. The Kier molecular flexibility index (Phi) is 3.91. The maximum Gasteiger partial charge on any atom is 0.274 e. The number of β-amino-alcohol motifs (C(OH)–C–C–N with tert-alkyl or cyclic N) is 1. The second-order valence-corrected chi connectivity index (χ2v) is 5.31. The number of aliphatic hydroxyl groups excluding tert-OH is 2. The molecule has 1 saturated heterocycles. The van der Waals surface area contributed by atoms with Crippen LogP contribution in [0.25, 0.3) is 5.69 Å². The Hall–Kier alpha value is -2.25. The van der Waals surface area contributed by atoms with E-state index in [2.05, 4.69) is 5.10 Å². The third-order valence-electron chi connectivity index (χ3n) is 3.74. The highest BCUT2D eigenvalue weighted by atomic mass is 19.1. The van der Waals surface area contributed by atoms with Crippen LogP contribution in [0.15, 0.2) is 36.5 Å². The molecule has 2 aromatic rings. The molecule has 1 aromatic carbocycles. The van der Waals surface area contributed by atoms with Gasteiger partial charge >= 0.3 is 0 Å². The largest absolute Gasteiger partial charge is 0.394 e. The fourth-order valence-electron chi connectivity index (χ4n) is 2.66. The quantitative estimate of drug-likeness (QED) is 0.869. The van der Waals surface area contributed by atoms with Gasteiger partial charge in [-0.15, -0.1) is 0 Å². The zero-order chi connectivity index (χ0) is 15.7. The molecule has 2 N–H and O–H groups in total. The lowest BCUT2D eigenvalue weighted by Crippen LogP contribution is -2.38. The van der Waals surface area contributed by atoms with Gasteiger partial charge in [0.05, 0.1) is 24.4 Å². The van der Waals surface area contributed by atoms with E-state index >= 15 is 0 Å². The minimum Gasteiger partial charge on any atom is -0.394 e. The summed E-state index contributed by atoms with van der Waals surface area (Å²) in [5.41, 5.74) is 0.705. The van der Waals surface area contributed by atoms with E-state index in [-0.39, 0.29) is 30.6 Å². The first kappa shape index (κ1) is 14.7. The Morgan fingerprint density at radius 2 is 2.23 bits per heavy atom. The second kappa shape index (κ2) is 5.86. The maximum atomic E-state index is 13.2. The molecule has 0 saturated carbocycles. The molecule has 22 heavy (non-hydrogen) atoms. The van der Waals surface area contributed by atoms with E-state index in [0.717, 1.165) is 0 Å². The van der Waals surface area contributed by atoms with E-state index in [9.17, 15) is 19.4 Å². The molecule has 0 bridgehead atoms. The summed E-state index contributed by atoms with van der Waals surface area (Å²) in [6, 6.07) is 7.02. The Morgan fingerprint density at radius 1 is 1.41 bits per heavy atom. The van der Waals surface area contributed by atoms with Crippen molar-refractivity contribution in [2.45, 2.75) is 18.6 Å². The smallest absolute Gasteiger partial charge is 0.274 e. The summed E-state index contributed by atoms with van der Waals surface area (Å²) in [6.07, 6.45) is 1.29. The van der Waals surface area contributed by atoms with Gasteiger partial charge < -0.3 is 15.1 Å². The molecule has 1 aliphatic rings. The summed E-state index contributed by atoms with van der Waals surface area (Å²) < 4.78 is 14.6. The van der Waals surface area contributed by atoms with Gasteiger partial charge in [-0.1, -0.05) is 6.07 Å². The standard InChI is InChI=1S/C15H16FN3O3/c16-10-2-1-3-11(6-10)19-5-4-14(17-19)15(22)18-8-13(21)7-12(18)9-20/h1-6,12-13,20-21H,7-9H2/t12-,13+/m1/s1. The molecule has 1 amide bonds. The second-order valence-electron chi connectivity index (χ2n) is 5.31. The van der Waals surface area contributed by atoms with E-state index in [0.29, 0.717) is 12.1 Å². The molecule has 0 radical (unpaired) electrons. The van der Waals surface area contributed by atoms with Gasteiger partial charge in [0.15, 0.2) is 5.69 Å². The summed E-state index contributed by atoms with van der Waals surface area (Å²) in [6.45, 7) is -0.0235. The molecule has 116 valence electrons. The first-order valence-corrected chi connectivity index (χ1v) is 7.00. The van der Waals surface area contributed by atoms with Crippen LogP contribution >= 0.6 is 0 Å². The molecular formula is C15H16FN3O3.